The van der Waals surface area contributed by atoms with Gasteiger partial charge in [-0.25, -0.2) is 0 Å². The molecule has 3 nitrogen and oxygen atoms in total. The van der Waals surface area contributed by atoms with E-state index in [9.17, 15) is 4.79 Å². The highest BCUT2D eigenvalue weighted by Gasteiger charge is 2.28. The minimum absolute atomic E-state index is 0.0754. The lowest BCUT2D eigenvalue weighted by molar-refractivity contribution is 0.0774. The Labute approximate surface area is 127 Å². The van der Waals surface area contributed by atoms with Gasteiger partial charge in [-0.15, -0.1) is 0 Å². The van der Waals surface area contributed by atoms with Crippen molar-refractivity contribution in [3.05, 3.63) is 58.3 Å². The molecular formula is C16H17BrN2O. The molecule has 0 saturated heterocycles. The summed E-state index contributed by atoms with van der Waals surface area (Å²) in [6.45, 7) is 0.632. The van der Waals surface area contributed by atoms with Crippen molar-refractivity contribution in [1.82, 2.24) is 9.47 Å². The van der Waals surface area contributed by atoms with Crippen molar-refractivity contribution in [2.24, 2.45) is 0 Å². The van der Waals surface area contributed by atoms with Crippen LogP contribution in [0.4, 0.5) is 0 Å². The molecule has 0 bridgehead atoms. The molecule has 0 N–H and O–H groups in total. The van der Waals surface area contributed by atoms with E-state index < -0.39 is 0 Å². The average Bonchev–Trinajstić information content (AvgIpc) is 3.22. The van der Waals surface area contributed by atoms with Crippen molar-refractivity contribution >= 4 is 21.8 Å². The van der Waals surface area contributed by atoms with Crippen LogP contribution in [-0.4, -0.2) is 22.4 Å². The summed E-state index contributed by atoms with van der Waals surface area (Å²) in [5.41, 5.74) is 1.92. The van der Waals surface area contributed by atoms with Gasteiger partial charge in [0.1, 0.15) is 5.69 Å². The van der Waals surface area contributed by atoms with E-state index in [1.165, 1.54) is 12.8 Å². The lowest BCUT2D eigenvalue weighted by atomic mass is 10.2. The molecule has 1 fully saturated rings. The topological polar surface area (TPSA) is 25.2 Å². The number of hydrogen-bond donors (Lipinski definition) is 0. The highest BCUT2D eigenvalue weighted by atomic mass is 79.9. The molecule has 1 aromatic heterocycles. The van der Waals surface area contributed by atoms with Crippen molar-refractivity contribution in [1.29, 1.82) is 0 Å². The molecule has 0 radical (unpaired) electrons. The van der Waals surface area contributed by atoms with Crippen molar-refractivity contribution in [2.75, 3.05) is 7.05 Å². The first-order valence-electron chi connectivity index (χ1n) is 6.82. The molecule has 0 unspecified atom stereocenters. The van der Waals surface area contributed by atoms with E-state index in [1.54, 1.807) is 4.90 Å². The first-order valence-corrected chi connectivity index (χ1v) is 7.61. The second kappa shape index (κ2) is 5.44. The van der Waals surface area contributed by atoms with Crippen LogP contribution in [0.25, 0.3) is 0 Å². The predicted molar refractivity (Wildman–Crippen MR) is 82.6 cm³/mol. The maximum atomic E-state index is 12.6. The number of benzene rings is 1. The van der Waals surface area contributed by atoms with Gasteiger partial charge in [-0.3, -0.25) is 4.79 Å². The number of carbonyl (C=O) groups is 1. The Morgan fingerprint density at radius 3 is 2.70 bits per heavy atom. The maximum absolute atomic E-state index is 12.6. The van der Waals surface area contributed by atoms with Crippen LogP contribution in [0, 0.1) is 0 Å². The van der Waals surface area contributed by atoms with E-state index in [-0.39, 0.29) is 5.91 Å². The summed E-state index contributed by atoms with van der Waals surface area (Å²) in [4.78, 5) is 14.4. The zero-order chi connectivity index (χ0) is 14.1. The second-order valence-electron chi connectivity index (χ2n) is 5.33. The lowest BCUT2D eigenvalue weighted by Crippen LogP contribution is -2.28. The van der Waals surface area contributed by atoms with Crippen molar-refractivity contribution < 1.29 is 4.79 Å². The van der Waals surface area contributed by atoms with Gasteiger partial charge in [0.25, 0.3) is 5.91 Å². The molecular weight excluding hydrogens is 316 g/mol. The third-order valence-corrected chi connectivity index (χ3v) is 4.02. The summed E-state index contributed by atoms with van der Waals surface area (Å²) >= 11 is 3.47. The standard InChI is InChI=1S/C16H17BrN2O/c1-18(10-12-5-3-2-4-6-12)16(20)15-9-13(17)11-19(15)14-7-8-14/h2-6,9,11,14H,7-8,10H2,1H3. The fourth-order valence-corrected chi connectivity index (χ4v) is 2.83. The van der Waals surface area contributed by atoms with E-state index >= 15 is 0 Å². The Bertz CT molecular complexity index is 617. The molecule has 104 valence electrons. The Morgan fingerprint density at radius 1 is 1.35 bits per heavy atom. The zero-order valence-electron chi connectivity index (χ0n) is 11.4. The summed E-state index contributed by atoms with van der Waals surface area (Å²) in [5.74, 6) is 0.0754. The van der Waals surface area contributed by atoms with Crippen molar-refractivity contribution in [3.63, 3.8) is 0 Å². The Hall–Kier alpha value is -1.55. The SMILES string of the molecule is CN(Cc1ccccc1)C(=O)c1cc(Br)cn1C1CC1. The van der Waals surface area contributed by atoms with Crippen LogP contribution in [0.5, 0.6) is 0 Å². The number of hydrogen-bond acceptors (Lipinski definition) is 1. The molecule has 0 aliphatic heterocycles. The molecule has 2 aromatic rings. The summed E-state index contributed by atoms with van der Waals surface area (Å²) in [6.07, 6.45) is 4.36. The van der Waals surface area contributed by atoms with Crippen LogP contribution in [0.15, 0.2) is 47.1 Å². The van der Waals surface area contributed by atoms with Gasteiger partial charge in [-0.2, -0.15) is 0 Å². The van der Waals surface area contributed by atoms with Crippen LogP contribution in [0.1, 0.15) is 34.9 Å². The first-order chi connectivity index (χ1) is 9.65. The molecule has 1 heterocycles. The smallest absolute Gasteiger partial charge is 0.270 e. The Morgan fingerprint density at radius 2 is 2.05 bits per heavy atom. The number of halogens is 1. The monoisotopic (exact) mass is 332 g/mol. The lowest BCUT2D eigenvalue weighted by Gasteiger charge is -2.18. The Balaban J connectivity index is 1.78. The largest absolute Gasteiger partial charge is 0.339 e. The maximum Gasteiger partial charge on any atom is 0.270 e. The highest BCUT2D eigenvalue weighted by molar-refractivity contribution is 9.10. The van der Waals surface area contributed by atoms with Gasteiger partial charge in [-0.1, -0.05) is 30.3 Å². The second-order valence-corrected chi connectivity index (χ2v) is 6.24. The normalized spacial score (nSPS) is 14.3. The zero-order valence-corrected chi connectivity index (χ0v) is 13.0. The molecule has 1 aliphatic carbocycles. The van der Waals surface area contributed by atoms with Gasteiger partial charge in [0.2, 0.25) is 0 Å². The molecule has 1 saturated carbocycles. The first kappa shape index (κ1) is 13.4. The molecule has 0 atom stereocenters. The summed E-state index contributed by atoms with van der Waals surface area (Å²) < 4.78 is 3.08. The number of carbonyl (C=O) groups excluding carboxylic acids is 1. The third-order valence-electron chi connectivity index (χ3n) is 3.58. The average molecular weight is 333 g/mol. The number of rotatable bonds is 4. The quantitative estimate of drug-likeness (QED) is 0.834. The predicted octanol–water partition coefficient (Wildman–Crippen LogP) is 3.86. The third kappa shape index (κ3) is 2.80. The van der Waals surface area contributed by atoms with Gasteiger partial charge in [-0.05, 0) is 40.4 Å². The van der Waals surface area contributed by atoms with Crippen LogP contribution in [-0.2, 0) is 6.54 Å². The van der Waals surface area contributed by atoms with Crippen LogP contribution < -0.4 is 0 Å². The molecule has 1 aromatic carbocycles. The molecule has 3 rings (SSSR count). The van der Waals surface area contributed by atoms with Gasteiger partial charge >= 0.3 is 0 Å². The molecule has 4 heteroatoms. The molecule has 1 amide bonds. The summed E-state index contributed by atoms with van der Waals surface area (Å²) in [7, 11) is 1.85. The van der Waals surface area contributed by atoms with E-state index in [2.05, 4.69) is 20.5 Å². The highest BCUT2D eigenvalue weighted by Crippen LogP contribution is 2.37. The van der Waals surface area contributed by atoms with E-state index in [0.717, 1.165) is 15.7 Å². The molecule has 0 spiro atoms. The van der Waals surface area contributed by atoms with Gasteiger partial charge in [0.15, 0.2) is 0 Å². The number of aromatic nitrogens is 1. The summed E-state index contributed by atoms with van der Waals surface area (Å²) in [6, 6.07) is 12.5. The number of amides is 1. The fraction of sp³-hybridized carbons (Fsp3) is 0.312. The van der Waals surface area contributed by atoms with E-state index in [1.807, 2.05) is 49.6 Å². The molecule has 1 aliphatic rings. The fourth-order valence-electron chi connectivity index (χ4n) is 2.40. The minimum atomic E-state index is 0.0754. The van der Waals surface area contributed by atoms with Crippen molar-refractivity contribution in [2.45, 2.75) is 25.4 Å². The van der Waals surface area contributed by atoms with Crippen molar-refractivity contribution in [3.8, 4) is 0 Å². The summed E-state index contributed by atoms with van der Waals surface area (Å²) in [5, 5.41) is 0. The van der Waals surface area contributed by atoms with Gasteiger partial charge < -0.3 is 9.47 Å². The Kier molecular flexibility index (Phi) is 3.66. The van der Waals surface area contributed by atoms with E-state index in [4.69, 9.17) is 0 Å². The van der Waals surface area contributed by atoms with Crippen LogP contribution >= 0.6 is 15.9 Å². The van der Waals surface area contributed by atoms with Gasteiger partial charge in [0, 0.05) is 30.3 Å². The minimum Gasteiger partial charge on any atom is -0.339 e. The number of nitrogens with zero attached hydrogens (tertiary/aromatic N) is 2. The van der Waals surface area contributed by atoms with Crippen LogP contribution in [0.3, 0.4) is 0 Å². The van der Waals surface area contributed by atoms with Gasteiger partial charge in [0.05, 0.1) is 0 Å². The van der Waals surface area contributed by atoms with E-state index in [0.29, 0.717) is 12.6 Å². The van der Waals surface area contributed by atoms with Crippen LogP contribution in [0.2, 0.25) is 0 Å². The molecule has 20 heavy (non-hydrogen) atoms.